The summed E-state index contributed by atoms with van der Waals surface area (Å²) in [6.07, 6.45) is 4.75. The lowest BCUT2D eigenvalue weighted by molar-refractivity contribution is 0.701. The van der Waals surface area contributed by atoms with Crippen LogP contribution in [0.3, 0.4) is 0 Å². The Morgan fingerprint density at radius 1 is 1.24 bits per heavy atom. The Morgan fingerprint density at radius 2 is 1.94 bits per heavy atom. The number of halogens is 2. The van der Waals surface area contributed by atoms with Gasteiger partial charge >= 0.3 is 0 Å². The molecule has 0 aromatic heterocycles. The summed E-state index contributed by atoms with van der Waals surface area (Å²) in [5.74, 6) is 6.19. The third kappa shape index (κ3) is 3.12. The van der Waals surface area contributed by atoms with Crippen molar-refractivity contribution < 1.29 is 0 Å². The van der Waals surface area contributed by atoms with Gasteiger partial charge in [-0.3, -0.25) is 4.99 Å². The molecule has 1 fully saturated rings. The molecule has 1 aromatic carbocycles. The second-order valence-electron chi connectivity index (χ2n) is 4.19. The number of nitrogens with two attached hydrogens (primary N) is 1. The zero-order chi connectivity index (χ0) is 12.3. The standard InChI is InChI=1S/C12H15Cl2N3/c13-10-6-5-8(7-11(10)14)12(17-15)16-9-3-1-2-4-9/h5-7,9H,1-4,15H2,(H,16,17). The molecule has 0 unspecified atom stereocenters. The average molecular weight is 272 g/mol. The van der Waals surface area contributed by atoms with Gasteiger partial charge in [0, 0.05) is 5.56 Å². The smallest absolute Gasteiger partial charge is 0.142 e. The van der Waals surface area contributed by atoms with E-state index in [1.54, 1.807) is 12.1 Å². The summed E-state index contributed by atoms with van der Waals surface area (Å²) in [5, 5.41) is 1.05. The van der Waals surface area contributed by atoms with Crippen LogP contribution in [-0.4, -0.2) is 11.9 Å². The maximum atomic E-state index is 5.98. The van der Waals surface area contributed by atoms with Gasteiger partial charge in [-0.05, 0) is 31.0 Å². The molecule has 0 heterocycles. The summed E-state index contributed by atoms with van der Waals surface area (Å²) >= 11 is 11.9. The molecule has 17 heavy (non-hydrogen) atoms. The Hall–Kier alpha value is -0.770. The van der Waals surface area contributed by atoms with Crippen molar-refractivity contribution in [2.24, 2.45) is 10.8 Å². The van der Waals surface area contributed by atoms with E-state index in [1.165, 1.54) is 12.8 Å². The van der Waals surface area contributed by atoms with Crippen LogP contribution in [0.25, 0.3) is 0 Å². The van der Waals surface area contributed by atoms with Gasteiger partial charge in [-0.2, -0.15) is 0 Å². The van der Waals surface area contributed by atoms with E-state index >= 15 is 0 Å². The quantitative estimate of drug-likeness (QED) is 0.376. The monoisotopic (exact) mass is 271 g/mol. The zero-order valence-corrected chi connectivity index (χ0v) is 10.9. The van der Waals surface area contributed by atoms with Crippen LogP contribution < -0.4 is 11.3 Å². The highest BCUT2D eigenvalue weighted by Crippen LogP contribution is 2.24. The molecule has 5 heteroatoms. The summed E-state index contributed by atoms with van der Waals surface area (Å²) in [4.78, 5) is 4.61. The van der Waals surface area contributed by atoms with Gasteiger partial charge in [0.2, 0.25) is 0 Å². The Kier molecular flexibility index (Phi) is 4.26. The third-order valence-electron chi connectivity index (χ3n) is 2.97. The summed E-state index contributed by atoms with van der Waals surface area (Å²) < 4.78 is 0. The maximum absolute atomic E-state index is 5.98. The highest BCUT2D eigenvalue weighted by atomic mass is 35.5. The predicted octanol–water partition coefficient (Wildman–Crippen LogP) is 3.15. The van der Waals surface area contributed by atoms with E-state index < -0.39 is 0 Å². The Labute approximate surface area is 111 Å². The van der Waals surface area contributed by atoms with Gasteiger partial charge in [-0.15, -0.1) is 0 Å². The lowest BCUT2D eigenvalue weighted by Crippen LogP contribution is -2.32. The lowest BCUT2D eigenvalue weighted by atomic mass is 10.2. The van der Waals surface area contributed by atoms with Crippen LogP contribution in [0.1, 0.15) is 31.2 Å². The molecule has 3 nitrogen and oxygen atoms in total. The van der Waals surface area contributed by atoms with Crippen molar-refractivity contribution >= 4 is 29.0 Å². The van der Waals surface area contributed by atoms with Crippen LogP contribution in [0, 0.1) is 0 Å². The Morgan fingerprint density at radius 3 is 2.53 bits per heavy atom. The highest BCUT2D eigenvalue weighted by Gasteiger charge is 2.15. The number of hydrogen-bond acceptors (Lipinski definition) is 2. The van der Waals surface area contributed by atoms with Gasteiger partial charge in [0.1, 0.15) is 5.84 Å². The molecule has 0 spiro atoms. The first-order valence-corrected chi connectivity index (χ1v) is 6.46. The molecular formula is C12H15Cl2N3. The van der Waals surface area contributed by atoms with Gasteiger partial charge in [-0.25, -0.2) is 5.84 Å². The summed E-state index contributed by atoms with van der Waals surface area (Å²) in [5.41, 5.74) is 3.51. The van der Waals surface area contributed by atoms with Crippen molar-refractivity contribution in [2.75, 3.05) is 0 Å². The number of benzene rings is 1. The second-order valence-corrected chi connectivity index (χ2v) is 5.00. The SMILES string of the molecule is NNC(=NC1CCCC1)c1ccc(Cl)c(Cl)c1. The molecule has 1 saturated carbocycles. The van der Waals surface area contributed by atoms with Crippen molar-refractivity contribution in [3.8, 4) is 0 Å². The molecule has 3 N–H and O–H groups in total. The van der Waals surface area contributed by atoms with E-state index in [4.69, 9.17) is 29.0 Å². The van der Waals surface area contributed by atoms with Crippen molar-refractivity contribution in [1.29, 1.82) is 0 Å². The average Bonchev–Trinajstić information content (AvgIpc) is 2.82. The summed E-state index contributed by atoms with van der Waals surface area (Å²) in [6, 6.07) is 5.76. The first kappa shape index (κ1) is 12.7. The minimum absolute atomic E-state index is 0.371. The van der Waals surface area contributed by atoms with E-state index in [9.17, 15) is 0 Å². The molecule has 1 aliphatic rings. The topological polar surface area (TPSA) is 50.4 Å². The highest BCUT2D eigenvalue weighted by molar-refractivity contribution is 6.42. The molecule has 0 bridgehead atoms. The molecular weight excluding hydrogens is 257 g/mol. The van der Waals surface area contributed by atoms with E-state index in [2.05, 4.69) is 10.4 Å². The van der Waals surface area contributed by atoms with Crippen molar-refractivity contribution in [3.05, 3.63) is 33.8 Å². The summed E-state index contributed by atoms with van der Waals surface area (Å²) in [6.45, 7) is 0. The maximum Gasteiger partial charge on any atom is 0.142 e. The zero-order valence-electron chi connectivity index (χ0n) is 9.42. The third-order valence-corrected chi connectivity index (χ3v) is 3.71. The fourth-order valence-electron chi connectivity index (χ4n) is 2.05. The molecule has 0 aliphatic heterocycles. The molecule has 92 valence electrons. The number of aliphatic imine (C=N–C) groups is 1. The van der Waals surface area contributed by atoms with E-state index in [0.717, 1.165) is 18.4 Å². The number of nitrogens with zero attached hydrogens (tertiary/aromatic N) is 1. The number of nitrogens with one attached hydrogen (secondary N) is 1. The molecule has 0 saturated heterocycles. The number of hydrogen-bond donors (Lipinski definition) is 2. The molecule has 0 atom stereocenters. The van der Waals surface area contributed by atoms with E-state index in [0.29, 0.717) is 21.9 Å². The molecule has 0 radical (unpaired) electrons. The number of amidine groups is 1. The van der Waals surface area contributed by atoms with Gasteiger partial charge in [0.15, 0.2) is 0 Å². The molecule has 0 amide bonds. The Balaban J connectivity index is 2.24. The van der Waals surface area contributed by atoms with Crippen molar-refractivity contribution in [3.63, 3.8) is 0 Å². The van der Waals surface area contributed by atoms with E-state index in [-0.39, 0.29) is 0 Å². The second kappa shape index (κ2) is 5.71. The normalized spacial score (nSPS) is 17.5. The van der Waals surface area contributed by atoms with Gasteiger partial charge in [0.25, 0.3) is 0 Å². The fourth-order valence-corrected chi connectivity index (χ4v) is 2.35. The van der Waals surface area contributed by atoms with Crippen molar-refractivity contribution in [2.45, 2.75) is 31.7 Å². The first-order chi connectivity index (χ1) is 8.20. The molecule has 2 rings (SSSR count). The minimum atomic E-state index is 0.371. The van der Waals surface area contributed by atoms with Crippen LogP contribution in [0.4, 0.5) is 0 Å². The van der Waals surface area contributed by atoms with Gasteiger partial charge < -0.3 is 5.43 Å². The predicted molar refractivity (Wildman–Crippen MR) is 72.6 cm³/mol. The molecule has 1 aliphatic carbocycles. The van der Waals surface area contributed by atoms with Gasteiger partial charge in [-0.1, -0.05) is 36.0 Å². The lowest BCUT2D eigenvalue weighted by Gasteiger charge is -2.10. The minimum Gasteiger partial charge on any atom is -0.308 e. The summed E-state index contributed by atoms with van der Waals surface area (Å²) in [7, 11) is 0. The molecule has 1 aromatic rings. The van der Waals surface area contributed by atoms with Crippen molar-refractivity contribution in [1.82, 2.24) is 5.43 Å². The Bertz CT molecular complexity index is 426. The van der Waals surface area contributed by atoms with Gasteiger partial charge in [0.05, 0.1) is 16.1 Å². The van der Waals surface area contributed by atoms with Crippen LogP contribution in [0.2, 0.25) is 10.0 Å². The van der Waals surface area contributed by atoms with Crippen LogP contribution in [0.5, 0.6) is 0 Å². The van der Waals surface area contributed by atoms with Crippen LogP contribution >= 0.6 is 23.2 Å². The van der Waals surface area contributed by atoms with Crippen LogP contribution in [0.15, 0.2) is 23.2 Å². The number of hydrazine groups is 1. The fraction of sp³-hybridized carbons (Fsp3) is 0.417. The first-order valence-electron chi connectivity index (χ1n) is 5.70. The largest absolute Gasteiger partial charge is 0.308 e. The van der Waals surface area contributed by atoms with E-state index in [1.807, 2.05) is 6.07 Å². The number of rotatable bonds is 2. The van der Waals surface area contributed by atoms with Crippen LogP contribution in [-0.2, 0) is 0 Å².